The number of pyridine rings is 1. The zero-order chi connectivity index (χ0) is 14.1. The van der Waals surface area contributed by atoms with Crippen LogP contribution in [0, 0.1) is 0 Å². The average Bonchev–Trinajstić information content (AvgIpc) is 2.51. The molecule has 20 heavy (non-hydrogen) atoms. The molecule has 106 valence electrons. The van der Waals surface area contributed by atoms with Crippen LogP contribution in [0.15, 0.2) is 35.1 Å². The van der Waals surface area contributed by atoms with Crippen molar-refractivity contribution in [2.75, 3.05) is 18.0 Å². The monoisotopic (exact) mass is 271 g/mol. The second-order valence-electron chi connectivity index (χ2n) is 5.52. The average molecular weight is 271 g/mol. The first-order valence-corrected chi connectivity index (χ1v) is 7.28. The lowest BCUT2D eigenvalue weighted by Crippen LogP contribution is -2.44. The van der Waals surface area contributed by atoms with Gasteiger partial charge < -0.3 is 15.2 Å². The Bertz CT molecular complexity index is 677. The van der Waals surface area contributed by atoms with Crippen LogP contribution in [-0.2, 0) is 7.05 Å². The summed E-state index contributed by atoms with van der Waals surface area (Å²) in [7, 11) is 1.82. The first-order chi connectivity index (χ1) is 9.72. The fraction of sp³-hybridized carbons (Fsp3) is 0.438. The topological polar surface area (TPSA) is 51.3 Å². The van der Waals surface area contributed by atoms with Gasteiger partial charge >= 0.3 is 0 Å². The zero-order valence-corrected chi connectivity index (χ0v) is 11.9. The number of nitrogens with zero attached hydrogens (tertiary/aromatic N) is 2. The smallest absolute Gasteiger partial charge is 0.252 e. The Balaban J connectivity index is 2.20. The van der Waals surface area contributed by atoms with Crippen LogP contribution >= 0.6 is 0 Å². The van der Waals surface area contributed by atoms with Crippen molar-refractivity contribution < 1.29 is 0 Å². The van der Waals surface area contributed by atoms with Gasteiger partial charge in [0.1, 0.15) is 0 Å². The summed E-state index contributed by atoms with van der Waals surface area (Å²) in [6, 6.07) is 10.2. The van der Waals surface area contributed by atoms with Crippen LogP contribution in [-0.4, -0.2) is 23.7 Å². The van der Waals surface area contributed by atoms with Crippen LogP contribution in [0.4, 0.5) is 5.69 Å². The number of hydrogen-bond acceptors (Lipinski definition) is 3. The van der Waals surface area contributed by atoms with Crippen LogP contribution in [0.1, 0.15) is 19.3 Å². The normalized spacial score (nSPS) is 19.5. The van der Waals surface area contributed by atoms with Crippen molar-refractivity contribution in [3.05, 3.63) is 40.7 Å². The maximum Gasteiger partial charge on any atom is 0.252 e. The third-order valence-electron chi connectivity index (χ3n) is 4.34. The molecule has 1 aromatic heterocycles. The predicted octanol–water partition coefficient (Wildman–Crippen LogP) is 1.86. The minimum absolute atomic E-state index is 0.0417. The molecule has 1 unspecified atom stereocenters. The molecule has 1 aliphatic heterocycles. The highest BCUT2D eigenvalue weighted by atomic mass is 16.1. The van der Waals surface area contributed by atoms with Crippen molar-refractivity contribution >= 4 is 16.6 Å². The molecule has 3 rings (SSSR count). The number of aromatic nitrogens is 1. The fourth-order valence-corrected chi connectivity index (χ4v) is 3.19. The van der Waals surface area contributed by atoms with Crippen molar-refractivity contribution in [1.29, 1.82) is 0 Å². The highest BCUT2D eigenvalue weighted by molar-refractivity contribution is 5.92. The fourth-order valence-electron chi connectivity index (χ4n) is 3.19. The van der Waals surface area contributed by atoms with E-state index in [2.05, 4.69) is 11.0 Å². The summed E-state index contributed by atoms with van der Waals surface area (Å²) in [5.41, 5.74) is 7.98. The van der Waals surface area contributed by atoms with Gasteiger partial charge in [-0.3, -0.25) is 4.79 Å². The van der Waals surface area contributed by atoms with E-state index in [0.29, 0.717) is 12.6 Å². The lowest BCUT2D eigenvalue weighted by Gasteiger charge is -2.37. The van der Waals surface area contributed by atoms with E-state index in [1.54, 1.807) is 10.6 Å². The third kappa shape index (κ3) is 2.10. The molecule has 2 aromatic rings. The minimum Gasteiger partial charge on any atom is -0.367 e. The Morgan fingerprint density at radius 2 is 2.10 bits per heavy atom. The van der Waals surface area contributed by atoms with Crippen LogP contribution < -0.4 is 16.2 Å². The van der Waals surface area contributed by atoms with E-state index in [-0.39, 0.29) is 5.56 Å². The van der Waals surface area contributed by atoms with Crippen molar-refractivity contribution in [2.24, 2.45) is 12.8 Å². The summed E-state index contributed by atoms with van der Waals surface area (Å²) in [5.74, 6) is 0. The Morgan fingerprint density at radius 1 is 1.30 bits per heavy atom. The maximum atomic E-state index is 12.2. The molecule has 2 N–H and O–H groups in total. The highest BCUT2D eigenvalue weighted by Gasteiger charge is 2.23. The molecule has 0 aliphatic carbocycles. The van der Waals surface area contributed by atoms with Gasteiger partial charge in [0.25, 0.3) is 5.56 Å². The summed E-state index contributed by atoms with van der Waals surface area (Å²) in [4.78, 5) is 14.5. The van der Waals surface area contributed by atoms with E-state index in [0.717, 1.165) is 29.6 Å². The molecule has 0 bridgehead atoms. The molecule has 1 atom stereocenters. The summed E-state index contributed by atoms with van der Waals surface area (Å²) < 4.78 is 1.71. The van der Waals surface area contributed by atoms with Gasteiger partial charge in [-0.05, 0) is 25.3 Å². The Morgan fingerprint density at radius 3 is 2.90 bits per heavy atom. The second-order valence-corrected chi connectivity index (χ2v) is 5.52. The molecule has 0 amide bonds. The molecule has 4 heteroatoms. The molecule has 1 fully saturated rings. The number of para-hydroxylation sites is 1. The van der Waals surface area contributed by atoms with Crippen LogP contribution in [0.3, 0.4) is 0 Å². The molecule has 4 nitrogen and oxygen atoms in total. The maximum absolute atomic E-state index is 12.2. The van der Waals surface area contributed by atoms with Gasteiger partial charge in [0, 0.05) is 37.6 Å². The Hall–Kier alpha value is -1.81. The van der Waals surface area contributed by atoms with E-state index >= 15 is 0 Å². The number of aryl methyl sites for hydroxylation is 1. The molecule has 2 heterocycles. The minimum atomic E-state index is 0.0417. The lowest BCUT2D eigenvalue weighted by molar-refractivity contribution is 0.466. The van der Waals surface area contributed by atoms with E-state index in [9.17, 15) is 4.79 Å². The SMILES string of the molecule is Cn1c(=O)cc(N2CCCCC2CN)c2ccccc21. The first kappa shape index (κ1) is 13.2. The van der Waals surface area contributed by atoms with E-state index in [1.165, 1.54) is 12.8 Å². The summed E-state index contributed by atoms with van der Waals surface area (Å²) in [6.07, 6.45) is 3.50. The number of anilines is 1. The van der Waals surface area contributed by atoms with Gasteiger partial charge in [-0.1, -0.05) is 18.2 Å². The van der Waals surface area contributed by atoms with Crippen molar-refractivity contribution in [2.45, 2.75) is 25.3 Å². The number of hydrogen-bond donors (Lipinski definition) is 1. The molecular weight excluding hydrogens is 250 g/mol. The van der Waals surface area contributed by atoms with Gasteiger partial charge in [0.05, 0.1) is 11.2 Å². The van der Waals surface area contributed by atoms with Gasteiger partial charge in [0.2, 0.25) is 0 Å². The van der Waals surface area contributed by atoms with Gasteiger partial charge in [-0.2, -0.15) is 0 Å². The molecule has 0 radical (unpaired) electrons. The zero-order valence-electron chi connectivity index (χ0n) is 11.9. The number of nitrogens with two attached hydrogens (primary N) is 1. The quantitative estimate of drug-likeness (QED) is 0.907. The molecule has 1 aromatic carbocycles. The summed E-state index contributed by atoms with van der Waals surface area (Å²) >= 11 is 0. The van der Waals surface area contributed by atoms with Crippen molar-refractivity contribution in [1.82, 2.24) is 4.57 Å². The van der Waals surface area contributed by atoms with Gasteiger partial charge in [-0.25, -0.2) is 0 Å². The third-order valence-corrected chi connectivity index (χ3v) is 4.34. The standard InChI is InChI=1S/C16H21N3O/c1-18-14-8-3-2-7-13(14)15(10-16(18)20)19-9-5-4-6-12(19)11-17/h2-3,7-8,10,12H,4-6,9,11,17H2,1H3. The Kier molecular flexibility index (Phi) is 3.49. The molecule has 0 saturated carbocycles. The van der Waals surface area contributed by atoms with E-state index < -0.39 is 0 Å². The number of rotatable bonds is 2. The largest absolute Gasteiger partial charge is 0.367 e. The van der Waals surface area contributed by atoms with Crippen LogP contribution in [0.25, 0.3) is 10.9 Å². The summed E-state index contributed by atoms with van der Waals surface area (Å²) in [6.45, 7) is 1.63. The van der Waals surface area contributed by atoms with E-state index in [4.69, 9.17) is 5.73 Å². The van der Waals surface area contributed by atoms with Crippen molar-refractivity contribution in [3.63, 3.8) is 0 Å². The first-order valence-electron chi connectivity index (χ1n) is 7.28. The van der Waals surface area contributed by atoms with Crippen molar-refractivity contribution in [3.8, 4) is 0 Å². The molecule has 1 saturated heterocycles. The summed E-state index contributed by atoms with van der Waals surface area (Å²) in [5, 5.41) is 1.13. The van der Waals surface area contributed by atoms with Gasteiger partial charge in [-0.15, -0.1) is 0 Å². The number of benzene rings is 1. The highest BCUT2D eigenvalue weighted by Crippen LogP contribution is 2.29. The van der Waals surface area contributed by atoms with Crippen LogP contribution in [0.5, 0.6) is 0 Å². The van der Waals surface area contributed by atoms with E-state index in [1.807, 2.05) is 25.2 Å². The van der Waals surface area contributed by atoms with Crippen LogP contribution in [0.2, 0.25) is 0 Å². The molecule has 0 spiro atoms. The lowest BCUT2D eigenvalue weighted by atomic mass is 10.00. The Labute approximate surface area is 118 Å². The number of fused-ring (bicyclic) bond motifs is 1. The number of piperidine rings is 1. The van der Waals surface area contributed by atoms with Gasteiger partial charge in [0.15, 0.2) is 0 Å². The second kappa shape index (κ2) is 5.29. The molecule has 1 aliphatic rings. The molecular formula is C16H21N3O. The predicted molar refractivity (Wildman–Crippen MR) is 83.2 cm³/mol.